The molecule has 0 aliphatic carbocycles. The summed E-state index contributed by atoms with van der Waals surface area (Å²) in [5.41, 5.74) is 2.08. The molecule has 112 valence electrons. The van der Waals surface area contributed by atoms with E-state index >= 15 is 0 Å². The van der Waals surface area contributed by atoms with E-state index in [4.69, 9.17) is 5.14 Å². The molecule has 0 fully saturated rings. The number of aromatic nitrogens is 2. The Bertz CT molecular complexity index is 959. The van der Waals surface area contributed by atoms with E-state index in [0.717, 1.165) is 11.3 Å². The Kier molecular flexibility index (Phi) is 3.47. The monoisotopic (exact) mass is 315 g/mol. The molecule has 7 nitrogen and oxygen atoms in total. The van der Waals surface area contributed by atoms with Crippen LogP contribution in [0, 0.1) is 6.92 Å². The largest absolute Gasteiger partial charge is 0.283 e. The molecule has 0 bridgehead atoms. The zero-order chi connectivity index (χ0) is 15.7. The number of nitrogens with two attached hydrogens (primary N) is 1. The lowest BCUT2D eigenvalue weighted by molar-refractivity contribution is 0.598. The molecule has 2 heterocycles. The van der Waals surface area contributed by atoms with Crippen molar-refractivity contribution in [1.82, 2.24) is 9.38 Å². The van der Waals surface area contributed by atoms with E-state index < -0.39 is 10.0 Å². The Morgan fingerprint density at radius 3 is 2.50 bits per heavy atom. The molecule has 0 aliphatic heterocycles. The summed E-state index contributed by atoms with van der Waals surface area (Å²) in [4.78, 5) is 4.42. The summed E-state index contributed by atoms with van der Waals surface area (Å²) < 4.78 is 24.2. The van der Waals surface area contributed by atoms with Crippen LogP contribution in [0.2, 0.25) is 0 Å². The number of primary sulfonamides is 1. The maximum Gasteiger partial charge on any atom is 0.238 e. The van der Waals surface area contributed by atoms with Crippen LogP contribution in [-0.2, 0) is 10.0 Å². The summed E-state index contributed by atoms with van der Waals surface area (Å²) in [6.07, 6.45) is 1.85. The van der Waals surface area contributed by atoms with Crippen LogP contribution in [0.4, 0.5) is 11.5 Å². The van der Waals surface area contributed by atoms with Crippen LogP contribution in [0.1, 0.15) is 5.69 Å². The second-order valence-corrected chi connectivity index (χ2v) is 6.25. The Morgan fingerprint density at radius 1 is 1.09 bits per heavy atom. The fraction of sp³-hybridized carbons (Fsp3) is 0.0714. The highest BCUT2D eigenvalue weighted by Gasteiger charge is 2.08. The molecule has 0 atom stereocenters. The highest BCUT2D eigenvalue weighted by molar-refractivity contribution is 7.89. The average Bonchev–Trinajstić information content (AvgIpc) is 2.80. The number of aryl methyl sites for hydroxylation is 1. The standard InChI is InChI=1S/C14H13N5O2S/c1-10-14(19-9-3-2-4-13(19)16-10)18-17-11-5-7-12(8-6-11)22(15,20)21/h2-9H,1H3,(H2,15,20,21). The van der Waals surface area contributed by atoms with Crippen LogP contribution in [-0.4, -0.2) is 17.8 Å². The molecule has 2 N–H and O–H groups in total. The highest BCUT2D eigenvalue weighted by Crippen LogP contribution is 2.23. The van der Waals surface area contributed by atoms with Crippen LogP contribution >= 0.6 is 0 Å². The summed E-state index contributed by atoms with van der Waals surface area (Å²) >= 11 is 0. The molecule has 0 spiro atoms. The number of sulfonamides is 1. The summed E-state index contributed by atoms with van der Waals surface area (Å²) in [5, 5.41) is 13.4. The van der Waals surface area contributed by atoms with Gasteiger partial charge in [0.2, 0.25) is 10.0 Å². The summed E-state index contributed by atoms with van der Waals surface area (Å²) in [7, 11) is -3.70. The predicted molar refractivity (Wildman–Crippen MR) is 81.9 cm³/mol. The van der Waals surface area contributed by atoms with Gasteiger partial charge in [-0.1, -0.05) is 6.07 Å². The molecule has 0 radical (unpaired) electrons. The Balaban J connectivity index is 1.95. The molecule has 0 unspecified atom stereocenters. The van der Waals surface area contributed by atoms with Gasteiger partial charge in [-0.05, 0) is 43.3 Å². The minimum atomic E-state index is -3.70. The lowest BCUT2D eigenvalue weighted by Gasteiger charge is -1.98. The van der Waals surface area contributed by atoms with Gasteiger partial charge in [0.25, 0.3) is 0 Å². The van der Waals surface area contributed by atoms with Gasteiger partial charge in [0.15, 0.2) is 5.82 Å². The van der Waals surface area contributed by atoms with Gasteiger partial charge < -0.3 is 0 Å². The fourth-order valence-corrected chi connectivity index (χ4v) is 2.54. The molecular formula is C14H13N5O2S. The SMILES string of the molecule is Cc1nc2ccccn2c1N=Nc1ccc(S(N)(=O)=O)cc1. The number of imidazole rings is 1. The van der Waals surface area contributed by atoms with Gasteiger partial charge in [-0.25, -0.2) is 18.5 Å². The topological polar surface area (TPSA) is 102 Å². The van der Waals surface area contributed by atoms with Crippen molar-refractivity contribution >= 4 is 27.2 Å². The number of fused-ring (bicyclic) bond motifs is 1. The van der Waals surface area contributed by atoms with E-state index in [9.17, 15) is 8.42 Å². The quantitative estimate of drug-likeness (QED) is 0.751. The van der Waals surface area contributed by atoms with Crippen molar-refractivity contribution in [1.29, 1.82) is 0 Å². The number of azo groups is 1. The highest BCUT2D eigenvalue weighted by atomic mass is 32.2. The van der Waals surface area contributed by atoms with E-state index in [1.54, 1.807) is 12.1 Å². The van der Waals surface area contributed by atoms with Crippen molar-refractivity contribution in [3.63, 3.8) is 0 Å². The number of nitrogens with zero attached hydrogens (tertiary/aromatic N) is 4. The minimum absolute atomic E-state index is 0.0393. The Labute approximate surface area is 127 Å². The van der Waals surface area contributed by atoms with Crippen LogP contribution in [0.15, 0.2) is 63.8 Å². The first-order valence-corrected chi connectivity index (χ1v) is 7.98. The van der Waals surface area contributed by atoms with Crippen molar-refractivity contribution in [3.05, 3.63) is 54.4 Å². The first kappa shape index (κ1) is 14.4. The van der Waals surface area contributed by atoms with Gasteiger partial charge in [-0.3, -0.25) is 4.40 Å². The minimum Gasteiger partial charge on any atom is -0.283 e. The first-order chi connectivity index (χ1) is 10.4. The summed E-state index contributed by atoms with van der Waals surface area (Å²) in [6.45, 7) is 1.85. The Hall–Kier alpha value is -2.58. The number of rotatable bonds is 3. The van der Waals surface area contributed by atoms with Crippen molar-refractivity contribution in [2.75, 3.05) is 0 Å². The molecular weight excluding hydrogens is 302 g/mol. The third-order valence-electron chi connectivity index (χ3n) is 3.10. The van der Waals surface area contributed by atoms with E-state index in [2.05, 4.69) is 15.2 Å². The molecule has 3 aromatic rings. The molecule has 0 saturated carbocycles. The average molecular weight is 315 g/mol. The van der Waals surface area contributed by atoms with Crippen molar-refractivity contribution < 1.29 is 8.42 Å². The lowest BCUT2D eigenvalue weighted by atomic mass is 10.3. The van der Waals surface area contributed by atoms with E-state index in [1.807, 2.05) is 35.7 Å². The van der Waals surface area contributed by atoms with Gasteiger partial charge in [0.05, 0.1) is 16.3 Å². The maximum absolute atomic E-state index is 11.2. The zero-order valence-corrected chi connectivity index (χ0v) is 12.5. The van der Waals surface area contributed by atoms with Crippen LogP contribution < -0.4 is 5.14 Å². The smallest absolute Gasteiger partial charge is 0.238 e. The molecule has 0 amide bonds. The van der Waals surface area contributed by atoms with Gasteiger partial charge in [-0.2, -0.15) is 0 Å². The first-order valence-electron chi connectivity index (χ1n) is 6.43. The number of hydrogen-bond donors (Lipinski definition) is 1. The summed E-state index contributed by atoms with van der Waals surface area (Å²) in [5.74, 6) is 0.631. The second kappa shape index (κ2) is 5.32. The number of hydrogen-bond acceptors (Lipinski definition) is 5. The lowest BCUT2D eigenvalue weighted by Crippen LogP contribution is -2.11. The summed E-state index contributed by atoms with van der Waals surface area (Å²) in [6, 6.07) is 11.5. The fourth-order valence-electron chi connectivity index (χ4n) is 2.03. The maximum atomic E-state index is 11.2. The third kappa shape index (κ3) is 2.74. The predicted octanol–water partition coefficient (Wildman–Crippen LogP) is 2.71. The number of pyridine rings is 1. The van der Waals surface area contributed by atoms with Crippen LogP contribution in [0.3, 0.4) is 0 Å². The molecule has 2 aromatic heterocycles. The van der Waals surface area contributed by atoms with Crippen molar-refractivity contribution in [2.45, 2.75) is 11.8 Å². The molecule has 1 aromatic carbocycles. The van der Waals surface area contributed by atoms with Crippen LogP contribution in [0.25, 0.3) is 5.65 Å². The van der Waals surface area contributed by atoms with Crippen LogP contribution in [0.5, 0.6) is 0 Å². The normalized spacial score (nSPS) is 12.3. The molecule has 8 heteroatoms. The van der Waals surface area contributed by atoms with Gasteiger partial charge in [0, 0.05) is 6.20 Å². The number of benzene rings is 1. The zero-order valence-electron chi connectivity index (χ0n) is 11.7. The molecule has 3 rings (SSSR count). The third-order valence-corrected chi connectivity index (χ3v) is 4.03. The van der Waals surface area contributed by atoms with Gasteiger partial charge >= 0.3 is 0 Å². The van der Waals surface area contributed by atoms with E-state index in [0.29, 0.717) is 11.5 Å². The second-order valence-electron chi connectivity index (χ2n) is 4.69. The van der Waals surface area contributed by atoms with Crippen molar-refractivity contribution in [3.8, 4) is 0 Å². The van der Waals surface area contributed by atoms with Gasteiger partial charge in [0.1, 0.15) is 5.65 Å². The molecule has 22 heavy (non-hydrogen) atoms. The molecule has 0 aliphatic rings. The molecule has 0 saturated heterocycles. The Morgan fingerprint density at radius 2 is 1.82 bits per heavy atom. The van der Waals surface area contributed by atoms with Gasteiger partial charge in [-0.15, -0.1) is 10.2 Å². The van der Waals surface area contributed by atoms with Crippen molar-refractivity contribution in [2.24, 2.45) is 15.4 Å². The van der Waals surface area contributed by atoms with E-state index in [-0.39, 0.29) is 4.90 Å². The van der Waals surface area contributed by atoms with E-state index in [1.165, 1.54) is 12.1 Å².